The van der Waals surface area contributed by atoms with Gasteiger partial charge in [0.15, 0.2) is 17.5 Å². The summed E-state index contributed by atoms with van der Waals surface area (Å²) in [5.74, 6) is 0.307. The van der Waals surface area contributed by atoms with Crippen LogP contribution in [0.5, 0.6) is 0 Å². The maximum absolute atomic E-state index is 13.4. The Morgan fingerprint density at radius 2 is 1.94 bits per heavy atom. The van der Waals surface area contributed by atoms with E-state index in [1.165, 1.54) is 19.3 Å². The van der Waals surface area contributed by atoms with Crippen molar-refractivity contribution in [1.29, 1.82) is 0 Å². The van der Waals surface area contributed by atoms with Gasteiger partial charge in [0.25, 0.3) is 0 Å². The summed E-state index contributed by atoms with van der Waals surface area (Å²) < 4.78 is 19.0. The first-order valence-electron chi connectivity index (χ1n) is 6.45. The predicted molar refractivity (Wildman–Crippen MR) is 67.5 cm³/mol. The van der Waals surface area contributed by atoms with Crippen LogP contribution in [0.4, 0.5) is 10.2 Å². The number of aromatic nitrogens is 2. The van der Waals surface area contributed by atoms with E-state index in [0.717, 1.165) is 12.8 Å². The molecule has 2 N–H and O–H groups in total. The fraction of sp³-hybridized carbons (Fsp3) is 0.692. The molecule has 0 amide bonds. The molecule has 0 saturated heterocycles. The molecule has 1 unspecified atom stereocenters. The second-order valence-corrected chi connectivity index (χ2v) is 4.92. The van der Waals surface area contributed by atoms with Gasteiger partial charge in [-0.05, 0) is 25.7 Å². The summed E-state index contributed by atoms with van der Waals surface area (Å²) in [6, 6.07) is 0. The summed E-state index contributed by atoms with van der Waals surface area (Å²) in [6.45, 7) is 1.60. The van der Waals surface area contributed by atoms with Crippen LogP contribution >= 0.6 is 0 Å². The second-order valence-electron chi connectivity index (χ2n) is 4.92. The molecule has 0 aromatic carbocycles. The molecule has 1 aromatic heterocycles. The van der Waals surface area contributed by atoms with Gasteiger partial charge in [0, 0.05) is 7.11 Å². The summed E-state index contributed by atoms with van der Waals surface area (Å²) in [6.07, 6.45) is 5.74. The van der Waals surface area contributed by atoms with Gasteiger partial charge in [0.05, 0.1) is 5.69 Å². The van der Waals surface area contributed by atoms with Crippen LogP contribution in [0.25, 0.3) is 0 Å². The molecule has 1 aliphatic carbocycles. The minimum Gasteiger partial charge on any atom is -0.381 e. The smallest absolute Gasteiger partial charge is 0.186 e. The van der Waals surface area contributed by atoms with Crippen LogP contribution in [0, 0.1) is 18.7 Å². The van der Waals surface area contributed by atoms with Crippen molar-refractivity contribution in [2.75, 3.05) is 12.8 Å². The van der Waals surface area contributed by atoms with E-state index in [1.54, 1.807) is 14.0 Å². The van der Waals surface area contributed by atoms with Crippen LogP contribution in [0.15, 0.2) is 0 Å². The highest BCUT2D eigenvalue weighted by Gasteiger charge is 2.28. The van der Waals surface area contributed by atoms with Crippen LogP contribution in [-0.4, -0.2) is 17.1 Å². The Bertz CT molecular complexity index is 396. The molecule has 2 rings (SSSR count). The van der Waals surface area contributed by atoms with Gasteiger partial charge < -0.3 is 10.5 Å². The Balaban J connectivity index is 2.26. The number of methoxy groups -OCH3 is 1. The molecular weight excluding hydrogens is 233 g/mol. The van der Waals surface area contributed by atoms with Gasteiger partial charge >= 0.3 is 0 Å². The van der Waals surface area contributed by atoms with Crippen molar-refractivity contribution in [2.45, 2.75) is 45.1 Å². The van der Waals surface area contributed by atoms with E-state index < -0.39 is 5.82 Å². The summed E-state index contributed by atoms with van der Waals surface area (Å²) in [5.41, 5.74) is 5.85. The lowest BCUT2D eigenvalue weighted by Gasteiger charge is -2.28. The molecule has 1 atom stereocenters. The zero-order valence-electron chi connectivity index (χ0n) is 10.9. The maximum atomic E-state index is 13.4. The summed E-state index contributed by atoms with van der Waals surface area (Å²) >= 11 is 0. The van der Waals surface area contributed by atoms with E-state index in [1.807, 2.05) is 0 Å². The van der Waals surface area contributed by atoms with Gasteiger partial charge in [-0.3, -0.25) is 0 Å². The minimum absolute atomic E-state index is 0.0876. The molecular formula is C13H20FN3O. The highest BCUT2D eigenvalue weighted by Crippen LogP contribution is 2.35. The average Bonchev–Trinajstić information content (AvgIpc) is 2.38. The topological polar surface area (TPSA) is 61.0 Å². The summed E-state index contributed by atoms with van der Waals surface area (Å²) in [4.78, 5) is 8.24. The Kier molecular flexibility index (Phi) is 4.11. The third kappa shape index (κ3) is 2.61. The number of halogens is 1. The number of hydrogen-bond acceptors (Lipinski definition) is 4. The highest BCUT2D eigenvalue weighted by molar-refractivity contribution is 5.32. The number of rotatable bonds is 3. The average molecular weight is 253 g/mol. The third-order valence-electron chi connectivity index (χ3n) is 3.65. The molecule has 5 heteroatoms. The number of ether oxygens (including phenoxy) is 1. The van der Waals surface area contributed by atoms with E-state index in [4.69, 9.17) is 10.5 Å². The van der Waals surface area contributed by atoms with E-state index in [-0.39, 0.29) is 17.6 Å². The van der Waals surface area contributed by atoms with Gasteiger partial charge in [-0.25, -0.2) is 14.4 Å². The third-order valence-corrected chi connectivity index (χ3v) is 3.65. The van der Waals surface area contributed by atoms with Crippen molar-refractivity contribution in [2.24, 2.45) is 5.92 Å². The van der Waals surface area contributed by atoms with E-state index >= 15 is 0 Å². The van der Waals surface area contributed by atoms with Crippen molar-refractivity contribution in [3.63, 3.8) is 0 Å². The van der Waals surface area contributed by atoms with E-state index in [0.29, 0.717) is 11.7 Å². The molecule has 18 heavy (non-hydrogen) atoms. The molecule has 0 aliphatic heterocycles. The molecule has 100 valence electrons. The molecule has 0 spiro atoms. The number of hydrogen-bond donors (Lipinski definition) is 1. The quantitative estimate of drug-likeness (QED) is 0.899. The molecule has 0 radical (unpaired) electrons. The number of nitrogens with zero attached hydrogens (tertiary/aromatic N) is 2. The SMILES string of the molecule is COC(c1nc(C)c(F)c(N)n1)C1CCCCC1. The standard InChI is InChI=1S/C13H20FN3O/c1-8-10(14)12(15)17-13(16-8)11(18-2)9-6-4-3-5-7-9/h9,11H,3-7H2,1-2H3,(H2,15,16,17). The lowest BCUT2D eigenvalue weighted by atomic mass is 9.85. The lowest BCUT2D eigenvalue weighted by Crippen LogP contribution is -2.21. The fourth-order valence-electron chi connectivity index (χ4n) is 2.68. The minimum atomic E-state index is -0.530. The maximum Gasteiger partial charge on any atom is 0.186 e. The van der Waals surface area contributed by atoms with Gasteiger partial charge in [0.2, 0.25) is 0 Å². The monoisotopic (exact) mass is 253 g/mol. The van der Waals surface area contributed by atoms with Crippen LogP contribution in [0.1, 0.15) is 49.7 Å². The zero-order chi connectivity index (χ0) is 13.1. The first-order chi connectivity index (χ1) is 8.63. The predicted octanol–water partition coefficient (Wildman–Crippen LogP) is 2.77. The van der Waals surface area contributed by atoms with Crippen molar-refractivity contribution in [3.8, 4) is 0 Å². The van der Waals surface area contributed by atoms with Gasteiger partial charge in [-0.1, -0.05) is 19.3 Å². The summed E-state index contributed by atoms with van der Waals surface area (Å²) in [7, 11) is 1.65. The highest BCUT2D eigenvalue weighted by atomic mass is 19.1. The Hall–Kier alpha value is -1.23. The molecule has 0 bridgehead atoms. The van der Waals surface area contributed by atoms with Crippen molar-refractivity contribution in [3.05, 3.63) is 17.3 Å². The van der Waals surface area contributed by atoms with Crippen LogP contribution in [0.3, 0.4) is 0 Å². The Morgan fingerprint density at radius 1 is 1.28 bits per heavy atom. The van der Waals surface area contributed by atoms with E-state index in [9.17, 15) is 4.39 Å². The fourth-order valence-corrected chi connectivity index (χ4v) is 2.68. The second kappa shape index (κ2) is 5.61. The molecule has 1 heterocycles. The number of nitrogen functional groups attached to an aromatic ring is 1. The Labute approximate surface area is 107 Å². The van der Waals surface area contributed by atoms with Gasteiger partial charge in [-0.15, -0.1) is 0 Å². The number of anilines is 1. The lowest BCUT2D eigenvalue weighted by molar-refractivity contribution is 0.0288. The van der Waals surface area contributed by atoms with Gasteiger partial charge in [-0.2, -0.15) is 0 Å². The van der Waals surface area contributed by atoms with Crippen molar-refractivity contribution >= 4 is 5.82 Å². The first kappa shape index (κ1) is 13.2. The molecule has 1 fully saturated rings. The van der Waals surface area contributed by atoms with Crippen LogP contribution in [-0.2, 0) is 4.74 Å². The van der Waals surface area contributed by atoms with E-state index in [2.05, 4.69) is 9.97 Å². The van der Waals surface area contributed by atoms with Crippen LogP contribution in [0.2, 0.25) is 0 Å². The molecule has 1 aliphatic rings. The van der Waals surface area contributed by atoms with Crippen molar-refractivity contribution < 1.29 is 9.13 Å². The Morgan fingerprint density at radius 3 is 2.50 bits per heavy atom. The number of nitrogens with two attached hydrogens (primary N) is 1. The zero-order valence-corrected chi connectivity index (χ0v) is 10.9. The van der Waals surface area contributed by atoms with Crippen LogP contribution < -0.4 is 5.73 Å². The number of aryl methyl sites for hydroxylation is 1. The molecule has 1 aromatic rings. The van der Waals surface area contributed by atoms with Crippen molar-refractivity contribution in [1.82, 2.24) is 9.97 Å². The first-order valence-corrected chi connectivity index (χ1v) is 6.45. The largest absolute Gasteiger partial charge is 0.381 e. The normalized spacial score (nSPS) is 18.8. The molecule has 4 nitrogen and oxygen atoms in total. The molecule has 1 saturated carbocycles. The summed E-state index contributed by atoms with van der Waals surface area (Å²) in [5, 5.41) is 0. The van der Waals surface area contributed by atoms with Gasteiger partial charge in [0.1, 0.15) is 6.10 Å².